The van der Waals surface area contributed by atoms with Gasteiger partial charge in [0, 0.05) is 30.4 Å². The van der Waals surface area contributed by atoms with Gasteiger partial charge in [-0.1, -0.05) is 0 Å². The summed E-state index contributed by atoms with van der Waals surface area (Å²) in [6.45, 7) is 11.6. The number of nitrogen functional groups attached to an aromatic ring is 1. The normalized spacial score (nSPS) is 18.6. The lowest BCUT2D eigenvalue weighted by Crippen LogP contribution is -2.44. The maximum Gasteiger partial charge on any atom is 0.256 e. The number of anilines is 2. The fourth-order valence-electron chi connectivity index (χ4n) is 3.66. The van der Waals surface area contributed by atoms with E-state index in [-0.39, 0.29) is 5.91 Å². The summed E-state index contributed by atoms with van der Waals surface area (Å²) >= 11 is 0. The predicted octanol–water partition coefficient (Wildman–Crippen LogP) is 3.91. The largest absolute Gasteiger partial charge is 0.399 e. The van der Waals surface area contributed by atoms with Gasteiger partial charge >= 0.3 is 0 Å². The van der Waals surface area contributed by atoms with Crippen LogP contribution in [0.5, 0.6) is 0 Å². The molecular weight excluding hydrogens is 286 g/mol. The van der Waals surface area contributed by atoms with E-state index in [0.717, 1.165) is 30.6 Å². The molecule has 0 aromatic heterocycles. The Kier molecular flexibility index (Phi) is 5.55. The smallest absolute Gasteiger partial charge is 0.256 e. The van der Waals surface area contributed by atoms with Crippen LogP contribution in [-0.2, 0) is 0 Å². The molecule has 1 saturated heterocycles. The highest BCUT2D eigenvalue weighted by atomic mass is 16.2. The predicted molar refractivity (Wildman–Crippen MR) is 98.0 cm³/mol. The number of hydrogen-bond donors (Lipinski definition) is 1. The number of likely N-dealkylation sites (tertiary alicyclic amines) is 1. The molecule has 128 valence electrons. The third-order valence-corrected chi connectivity index (χ3v) is 4.71. The van der Waals surface area contributed by atoms with Gasteiger partial charge in [0.05, 0.1) is 11.3 Å². The van der Waals surface area contributed by atoms with Gasteiger partial charge in [0.25, 0.3) is 5.91 Å². The van der Waals surface area contributed by atoms with E-state index in [1.807, 2.05) is 23.1 Å². The van der Waals surface area contributed by atoms with Crippen molar-refractivity contribution in [1.82, 2.24) is 4.90 Å². The Morgan fingerprint density at radius 2 is 1.87 bits per heavy atom. The van der Waals surface area contributed by atoms with E-state index in [9.17, 15) is 4.79 Å². The summed E-state index contributed by atoms with van der Waals surface area (Å²) < 4.78 is 0. The van der Waals surface area contributed by atoms with Crippen molar-refractivity contribution in [2.75, 3.05) is 17.2 Å². The first-order chi connectivity index (χ1) is 10.8. The number of hydrogen-bond acceptors (Lipinski definition) is 3. The first kappa shape index (κ1) is 17.6. The van der Waals surface area contributed by atoms with Crippen LogP contribution < -0.4 is 10.6 Å². The molecule has 0 radical (unpaired) electrons. The van der Waals surface area contributed by atoms with Crippen LogP contribution in [0.1, 0.15) is 64.2 Å². The van der Waals surface area contributed by atoms with Crippen LogP contribution in [0.4, 0.5) is 11.4 Å². The van der Waals surface area contributed by atoms with E-state index < -0.39 is 0 Å². The molecule has 2 N–H and O–H groups in total. The highest BCUT2D eigenvalue weighted by Gasteiger charge is 2.28. The Balaban J connectivity index is 2.44. The Morgan fingerprint density at radius 1 is 1.22 bits per heavy atom. The first-order valence-electron chi connectivity index (χ1n) is 8.81. The molecule has 23 heavy (non-hydrogen) atoms. The summed E-state index contributed by atoms with van der Waals surface area (Å²) in [6.07, 6.45) is 3.38. The van der Waals surface area contributed by atoms with Gasteiger partial charge in [0.1, 0.15) is 0 Å². The van der Waals surface area contributed by atoms with Crippen molar-refractivity contribution >= 4 is 17.3 Å². The van der Waals surface area contributed by atoms with Gasteiger partial charge in [-0.05, 0) is 72.1 Å². The highest BCUT2D eigenvalue weighted by molar-refractivity contribution is 6.01. The lowest BCUT2D eigenvalue weighted by Gasteiger charge is -2.37. The molecule has 1 fully saturated rings. The minimum atomic E-state index is 0.116. The molecule has 4 heteroatoms. The molecule has 1 aromatic rings. The van der Waals surface area contributed by atoms with Crippen LogP contribution in [0.3, 0.4) is 0 Å². The molecule has 1 heterocycles. The van der Waals surface area contributed by atoms with E-state index >= 15 is 0 Å². The molecule has 0 aliphatic carbocycles. The number of piperidine rings is 1. The molecule has 1 aromatic carbocycles. The van der Waals surface area contributed by atoms with Gasteiger partial charge in [0.15, 0.2) is 0 Å². The van der Waals surface area contributed by atoms with E-state index in [2.05, 4.69) is 39.5 Å². The fraction of sp³-hybridized carbons (Fsp3) is 0.632. The van der Waals surface area contributed by atoms with Crippen molar-refractivity contribution in [2.24, 2.45) is 0 Å². The van der Waals surface area contributed by atoms with Crippen molar-refractivity contribution in [2.45, 2.75) is 72.0 Å². The molecule has 2 rings (SSSR count). The number of carbonyl (C=O) groups excluding carboxylic acids is 1. The van der Waals surface area contributed by atoms with Crippen molar-refractivity contribution in [1.29, 1.82) is 0 Å². The number of benzene rings is 1. The Hall–Kier alpha value is -1.71. The molecular formula is C19H31N3O. The number of amides is 1. The standard InChI is InChI=1S/C19H31N3O/c1-13(2)22(14(3)4)18-10-9-16(20)12-17(18)19(23)21-11-7-6-8-15(21)5/h9-10,12-15H,6-8,11,20H2,1-5H3. The maximum absolute atomic E-state index is 13.2. The third-order valence-electron chi connectivity index (χ3n) is 4.71. The monoisotopic (exact) mass is 317 g/mol. The average molecular weight is 317 g/mol. The minimum Gasteiger partial charge on any atom is -0.399 e. The summed E-state index contributed by atoms with van der Waals surface area (Å²) in [4.78, 5) is 17.5. The second-order valence-electron chi connectivity index (χ2n) is 7.21. The molecule has 1 unspecified atom stereocenters. The zero-order valence-electron chi connectivity index (χ0n) is 15.2. The Bertz CT molecular complexity index is 546. The van der Waals surface area contributed by atoms with Gasteiger partial charge in [-0.3, -0.25) is 4.79 Å². The maximum atomic E-state index is 13.2. The molecule has 1 aliphatic heterocycles. The van der Waals surface area contributed by atoms with Crippen LogP contribution in [0.15, 0.2) is 18.2 Å². The second-order valence-corrected chi connectivity index (χ2v) is 7.21. The molecule has 0 spiro atoms. The summed E-state index contributed by atoms with van der Waals surface area (Å²) in [6, 6.07) is 6.68. The number of nitrogens with zero attached hydrogens (tertiary/aromatic N) is 2. The lowest BCUT2D eigenvalue weighted by molar-refractivity contribution is 0.0636. The summed E-state index contributed by atoms with van der Waals surface area (Å²) in [5.74, 6) is 0.116. The summed E-state index contributed by atoms with van der Waals surface area (Å²) in [5, 5.41) is 0. The van der Waals surface area contributed by atoms with Gasteiger partial charge in [0.2, 0.25) is 0 Å². The molecule has 0 saturated carbocycles. The van der Waals surface area contributed by atoms with Gasteiger partial charge in [-0.25, -0.2) is 0 Å². The van der Waals surface area contributed by atoms with Crippen LogP contribution >= 0.6 is 0 Å². The zero-order chi connectivity index (χ0) is 17.1. The summed E-state index contributed by atoms with van der Waals surface area (Å²) in [7, 11) is 0. The molecule has 4 nitrogen and oxygen atoms in total. The van der Waals surface area contributed by atoms with E-state index in [1.54, 1.807) is 0 Å². The third kappa shape index (κ3) is 3.80. The molecule has 0 bridgehead atoms. The molecule has 1 amide bonds. The lowest BCUT2D eigenvalue weighted by atomic mass is 10.0. The minimum absolute atomic E-state index is 0.116. The van der Waals surface area contributed by atoms with E-state index in [1.165, 1.54) is 6.42 Å². The van der Waals surface area contributed by atoms with Crippen molar-refractivity contribution in [3.63, 3.8) is 0 Å². The summed E-state index contributed by atoms with van der Waals surface area (Å²) in [5.41, 5.74) is 8.37. The number of rotatable bonds is 4. The van der Waals surface area contributed by atoms with Crippen LogP contribution in [0, 0.1) is 0 Å². The highest BCUT2D eigenvalue weighted by Crippen LogP contribution is 2.30. The topological polar surface area (TPSA) is 49.6 Å². The van der Waals surface area contributed by atoms with Crippen LogP contribution in [0.2, 0.25) is 0 Å². The second kappa shape index (κ2) is 7.24. The average Bonchev–Trinajstić information content (AvgIpc) is 2.48. The van der Waals surface area contributed by atoms with Crippen molar-refractivity contribution < 1.29 is 4.79 Å². The van der Waals surface area contributed by atoms with Gasteiger partial charge in [-0.2, -0.15) is 0 Å². The Labute approximate surface area is 140 Å². The Morgan fingerprint density at radius 3 is 2.43 bits per heavy atom. The van der Waals surface area contributed by atoms with E-state index in [4.69, 9.17) is 5.73 Å². The SMILES string of the molecule is CC1CCCCN1C(=O)c1cc(N)ccc1N(C(C)C)C(C)C. The first-order valence-corrected chi connectivity index (χ1v) is 8.81. The van der Waals surface area contributed by atoms with E-state index in [0.29, 0.717) is 23.8 Å². The number of carbonyl (C=O) groups is 1. The fourth-order valence-corrected chi connectivity index (χ4v) is 3.66. The van der Waals surface area contributed by atoms with Crippen LogP contribution in [-0.4, -0.2) is 35.5 Å². The number of nitrogens with two attached hydrogens (primary N) is 1. The van der Waals surface area contributed by atoms with Crippen molar-refractivity contribution in [3.8, 4) is 0 Å². The quantitative estimate of drug-likeness (QED) is 0.857. The van der Waals surface area contributed by atoms with Crippen LogP contribution in [0.25, 0.3) is 0 Å². The molecule has 1 aliphatic rings. The zero-order valence-corrected chi connectivity index (χ0v) is 15.2. The van der Waals surface area contributed by atoms with Gasteiger partial charge in [-0.15, -0.1) is 0 Å². The van der Waals surface area contributed by atoms with Gasteiger partial charge < -0.3 is 15.5 Å². The molecule has 1 atom stereocenters. The van der Waals surface area contributed by atoms with Crippen molar-refractivity contribution in [3.05, 3.63) is 23.8 Å².